The van der Waals surface area contributed by atoms with Crippen molar-refractivity contribution in [2.75, 3.05) is 0 Å². The molecular weight excluding hydrogens is 302 g/mol. The fraction of sp³-hybridized carbons (Fsp3) is 0.333. The molecule has 0 bridgehead atoms. The molecule has 23 heavy (non-hydrogen) atoms. The van der Waals surface area contributed by atoms with E-state index in [1.807, 2.05) is 0 Å². The number of hydrogen-bond donors (Lipinski definition) is 0. The van der Waals surface area contributed by atoms with Crippen molar-refractivity contribution < 1.29 is 18.6 Å². The Hall–Kier alpha value is -2.90. The van der Waals surface area contributed by atoms with Crippen molar-refractivity contribution in [1.82, 2.24) is 9.55 Å². The molecule has 1 aliphatic rings. The van der Waals surface area contributed by atoms with Crippen LogP contribution >= 0.6 is 0 Å². The van der Waals surface area contributed by atoms with Crippen LogP contribution in [0, 0.1) is 17.0 Å². The second kappa shape index (κ2) is 5.38. The van der Waals surface area contributed by atoms with Crippen LogP contribution in [-0.4, -0.2) is 26.0 Å². The van der Waals surface area contributed by atoms with Gasteiger partial charge in [-0.1, -0.05) is 6.07 Å². The summed E-state index contributed by atoms with van der Waals surface area (Å²) in [5.74, 6) is -1.93. The molecule has 1 aliphatic carbocycles. The number of aromatic nitrogens is 2. The van der Waals surface area contributed by atoms with Gasteiger partial charge < -0.3 is 0 Å². The molecule has 1 aromatic carbocycles. The fourth-order valence-electron chi connectivity index (χ4n) is 2.53. The van der Waals surface area contributed by atoms with Gasteiger partial charge in [-0.05, 0) is 19.4 Å². The fourth-order valence-corrected chi connectivity index (χ4v) is 2.53. The average Bonchev–Trinajstić information content (AvgIpc) is 2.57. The quantitative estimate of drug-likeness (QED) is 0.471. The van der Waals surface area contributed by atoms with Crippen LogP contribution in [-0.2, 0) is 9.59 Å². The SMILES string of the molecule is [2H]C1C(=O)CC(=O)C([2H])(n2c(C)nc3cccc([N+](=O)[O-])c3c2=O)C1[2H]. The van der Waals surface area contributed by atoms with E-state index in [-0.39, 0.29) is 11.3 Å². The van der Waals surface area contributed by atoms with Gasteiger partial charge >= 0.3 is 0 Å². The lowest BCUT2D eigenvalue weighted by molar-refractivity contribution is -0.383. The Morgan fingerprint density at radius 3 is 2.87 bits per heavy atom. The minimum Gasteiger partial charge on any atom is -0.299 e. The highest BCUT2D eigenvalue weighted by Crippen LogP contribution is 2.26. The highest BCUT2D eigenvalue weighted by atomic mass is 16.6. The number of fused-ring (bicyclic) bond motifs is 1. The zero-order valence-corrected chi connectivity index (χ0v) is 12.0. The molecule has 0 radical (unpaired) electrons. The van der Waals surface area contributed by atoms with Crippen molar-refractivity contribution in [1.29, 1.82) is 0 Å². The van der Waals surface area contributed by atoms with E-state index in [2.05, 4.69) is 4.98 Å². The molecule has 1 saturated carbocycles. The minimum atomic E-state index is -2.56. The van der Waals surface area contributed by atoms with Crippen molar-refractivity contribution >= 4 is 28.2 Å². The van der Waals surface area contributed by atoms with Crippen LogP contribution in [0.3, 0.4) is 0 Å². The molecule has 3 atom stereocenters. The van der Waals surface area contributed by atoms with E-state index in [0.717, 1.165) is 6.07 Å². The normalized spacial score (nSPS) is 29.9. The Kier molecular flexibility index (Phi) is 2.72. The van der Waals surface area contributed by atoms with Gasteiger partial charge in [-0.2, -0.15) is 0 Å². The number of nitro benzene ring substituents is 1. The van der Waals surface area contributed by atoms with Crippen molar-refractivity contribution in [3.05, 3.63) is 44.5 Å². The number of nitro groups is 1. The minimum absolute atomic E-state index is 0.0184. The number of Topliss-reactive ketones (excluding diaryl/α,β-unsaturated/α-hetero) is 2. The molecule has 1 heterocycles. The van der Waals surface area contributed by atoms with Crippen LogP contribution in [0.15, 0.2) is 23.0 Å². The topological polar surface area (TPSA) is 112 Å². The van der Waals surface area contributed by atoms with Crippen LogP contribution in [0.4, 0.5) is 5.69 Å². The Bertz CT molecular complexity index is 1040. The van der Waals surface area contributed by atoms with Gasteiger partial charge in [0.05, 0.1) is 24.2 Å². The number of hydrogen-bond acceptors (Lipinski definition) is 6. The van der Waals surface area contributed by atoms with Gasteiger partial charge in [0.15, 0.2) is 5.78 Å². The molecule has 1 aromatic heterocycles. The highest BCUT2D eigenvalue weighted by Gasteiger charge is 2.31. The summed E-state index contributed by atoms with van der Waals surface area (Å²) in [6.45, 7) is 1.32. The summed E-state index contributed by atoms with van der Waals surface area (Å²) in [5, 5.41) is 10.9. The molecule has 3 unspecified atom stereocenters. The number of carbonyl (C=O) groups excluding carboxylic acids is 2. The van der Waals surface area contributed by atoms with Gasteiger partial charge in [0.1, 0.15) is 17.0 Å². The maximum absolute atomic E-state index is 13.0. The third kappa shape index (κ3) is 2.41. The monoisotopic (exact) mass is 318 g/mol. The first-order valence-electron chi connectivity index (χ1n) is 8.34. The summed E-state index contributed by atoms with van der Waals surface area (Å²) in [6, 6.07) is 1.27. The Balaban J connectivity index is 2.40. The van der Waals surface area contributed by atoms with E-state index >= 15 is 0 Å². The largest absolute Gasteiger partial charge is 0.299 e. The van der Waals surface area contributed by atoms with Crippen molar-refractivity contribution in [2.24, 2.45) is 0 Å². The molecule has 2 aromatic rings. The smallest absolute Gasteiger partial charge is 0.284 e. The van der Waals surface area contributed by atoms with E-state index in [4.69, 9.17) is 4.11 Å². The van der Waals surface area contributed by atoms with Gasteiger partial charge in [-0.25, -0.2) is 4.98 Å². The second-order valence-corrected chi connectivity index (χ2v) is 5.01. The third-order valence-electron chi connectivity index (χ3n) is 3.53. The number of nitrogens with zero attached hydrogens (tertiary/aromatic N) is 3. The van der Waals surface area contributed by atoms with Gasteiger partial charge in [-0.15, -0.1) is 0 Å². The van der Waals surface area contributed by atoms with Gasteiger partial charge in [0.25, 0.3) is 11.2 Å². The first-order valence-corrected chi connectivity index (χ1v) is 6.68. The molecule has 3 rings (SSSR count). The van der Waals surface area contributed by atoms with E-state index < -0.39 is 58.4 Å². The predicted molar refractivity (Wildman–Crippen MR) is 80.3 cm³/mol. The molecule has 118 valence electrons. The standard InChI is InChI=1S/C15H13N3O5/c1-8-16-10-3-2-4-12(18(22)23)14(10)15(21)17(8)11-6-5-9(19)7-13(11)20/h2-4,11H,5-7H2,1H3/i5D,6D,11D. The summed E-state index contributed by atoms with van der Waals surface area (Å²) in [5.41, 5.74) is -1.55. The van der Waals surface area contributed by atoms with Crippen LogP contribution in [0.25, 0.3) is 10.9 Å². The van der Waals surface area contributed by atoms with Crippen molar-refractivity contribution in [3.8, 4) is 0 Å². The zero-order valence-electron chi connectivity index (χ0n) is 15.0. The van der Waals surface area contributed by atoms with Crippen LogP contribution in [0.1, 0.15) is 35.2 Å². The molecule has 0 N–H and O–H groups in total. The summed E-state index contributed by atoms with van der Waals surface area (Å²) < 4.78 is 24.8. The lowest BCUT2D eigenvalue weighted by Gasteiger charge is -2.23. The second-order valence-electron chi connectivity index (χ2n) is 5.01. The number of benzene rings is 1. The lowest BCUT2D eigenvalue weighted by Crippen LogP contribution is -2.36. The molecule has 0 amide bonds. The lowest BCUT2D eigenvalue weighted by atomic mass is 9.92. The van der Waals surface area contributed by atoms with Crippen LogP contribution in [0.2, 0.25) is 0 Å². The van der Waals surface area contributed by atoms with Gasteiger partial charge in [0, 0.05) is 15.2 Å². The third-order valence-corrected chi connectivity index (χ3v) is 3.53. The Morgan fingerprint density at radius 1 is 1.43 bits per heavy atom. The Morgan fingerprint density at radius 2 is 2.17 bits per heavy atom. The summed E-state index contributed by atoms with van der Waals surface area (Å²) >= 11 is 0. The number of non-ortho nitro benzene ring substituents is 1. The number of aryl methyl sites for hydroxylation is 1. The van der Waals surface area contributed by atoms with Gasteiger partial charge in [-0.3, -0.25) is 29.1 Å². The number of rotatable bonds is 2. The van der Waals surface area contributed by atoms with E-state index in [1.54, 1.807) is 0 Å². The van der Waals surface area contributed by atoms with Crippen molar-refractivity contribution in [2.45, 2.75) is 32.2 Å². The number of ketones is 2. The maximum atomic E-state index is 13.0. The average molecular weight is 318 g/mol. The van der Waals surface area contributed by atoms with Gasteiger partial charge in [0.2, 0.25) is 0 Å². The van der Waals surface area contributed by atoms with E-state index in [9.17, 15) is 24.5 Å². The number of carbonyl (C=O) groups is 2. The van der Waals surface area contributed by atoms with E-state index in [1.165, 1.54) is 19.1 Å². The Labute approximate surface area is 134 Å². The summed E-state index contributed by atoms with van der Waals surface area (Å²) in [4.78, 5) is 51.6. The molecule has 0 aliphatic heterocycles. The molecule has 8 nitrogen and oxygen atoms in total. The predicted octanol–water partition coefficient (Wildman–Crippen LogP) is 1.48. The first kappa shape index (κ1) is 11.6. The molecular formula is C15H13N3O5. The summed E-state index contributed by atoms with van der Waals surface area (Å²) in [7, 11) is 0. The molecule has 0 saturated heterocycles. The van der Waals surface area contributed by atoms with Crippen LogP contribution < -0.4 is 5.56 Å². The maximum Gasteiger partial charge on any atom is 0.284 e. The van der Waals surface area contributed by atoms with E-state index in [0.29, 0.717) is 4.57 Å². The van der Waals surface area contributed by atoms with Crippen LogP contribution in [0.5, 0.6) is 0 Å². The zero-order chi connectivity index (χ0) is 19.4. The van der Waals surface area contributed by atoms with Crippen molar-refractivity contribution in [3.63, 3.8) is 0 Å². The molecule has 0 spiro atoms. The molecule has 8 heteroatoms. The first-order chi connectivity index (χ1) is 12.1. The highest BCUT2D eigenvalue weighted by molar-refractivity contribution is 6.03. The molecule has 1 fully saturated rings. The summed E-state index contributed by atoms with van der Waals surface area (Å²) in [6.07, 6.45) is -4.30.